The third-order valence-electron chi connectivity index (χ3n) is 8.42. The van der Waals surface area contributed by atoms with Crippen LogP contribution in [0.15, 0.2) is 65.6 Å². The van der Waals surface area contributed by atoms with Crippen molar-refractivity contribution in [2.24, 2.45) is 0 Å². The Morgan fingerprint density at radius 1 is 0.722 bits per heavy atom. The number of nitrogens with one attached hydrogen (secondary N) is 3. The van der Waals surface area contributed by atoms with Gasteiger partial charge in [0.05, 0.1) is 64.4 Å². The van der Waals surface area contributed by atoms with Crippen LogP contribution in [0.4, 0.5) is 0 Å². The van der Waals surface area contributed by atoms with Crippen molar-refractivity contribution < 1.29 is 41.7 Å². The van der Waals surface area contributed by atoms with Gasteiger partial charge in [0.2, 0.25) is 10.0 Å². The van der Waals surface area contributed by atoms with Crippen LogP contribution in [0.25, 0.3) is 0 Å². The maximum Gasteiger partial charge on any atom is 0.251 e. The molecule has 13 nitrogen and oxygen atoms in total. The molecule has 3 aromatic carbocycles. The molecule has 0 bridgehead atoms. The number of hydrogen-bond acceptors (Lipinski definition) is 10. The van der Waals surface area contributed by atoms with Crippen molar-refractivity contribution in [2.75, 3.05) is 99.3 Å². The molecule has 0 fully saturated rings. The number of sulfonamides is 1. The molecule has 16 heteroatoms. The summed E-state index contributed by atoms with van der Waals surface area (Å²) in [5, 5.41) is 6.76. The van der Waals surface area contributed by atoms with Crippen molar-refractivity contribution in [3.8, 4) is 0 Å². The van der Waals surface area contributed by atoms with E-state index in [1.54, 1.807) is 42.5 Å². The summed E-state index contributed by atoms with van der Waals surface area (Å²) in [6.07, 6.45) is 0. The predicted octanol–water partition coefficient (Wildman–Crippen LogP) is 4.11. The van der Waals surface area contributed by atoms with Gasteiger partial charge in [-0.2, -0.15) is 0 Å². The smallest absolute Gasteiger partial charge is 0.251 e. The van der Waals surface area contributed by atoms with E-state index in [9.17, 15) is 18.0 Å². The van der Waals surface area contributed by atoms with Crippen molar-refractivity contribution in [1.82, 2.24) is 20.3 Å². The lowest BCUT2D eigenvalue weighted by Crippen LogP contribution is -2.31. The first-order valence-electron chi connectivity index (χ1n) is 17.9. The van der Waals surface area contributed by atoms with Crippen molar-refractivity contribution in [3.63, 3.8) is 0 Å². The van der Waals surface area contributed by atoms with E-state index in [1.165, 1.54) is 0 Å². The number of ether oxygens (including phenoxy) is 5. The van der Waals surface area contributed by atoms with Crippen LogP contribution in [0.2, 0.25) is 10.0 Å². The molecule has 2 amide bonds. The van der Waals surface area contributed by atoms with Crippen molar-refractivity contribution in [1.29, 1.82) is 0 Å². The Labute approximate surface area is 328 Å². The molecule has 1 aliphatic rings. The monoisotopic (exact) mass is 808 g/mol. The SMILES string of the molecule is CCOCCOCCNC(=O)c1ccc(C(=O)NCCOCCOCCOCCNS(=O)(=O)c2ccc(C3CN(C)Cc4c(Cl)cc(Cl)cc43)cc2)cc1. The summed E-state index contributed by atoms with van der Waals surface area (Å²) < 4.78 is 55.3. The average molecular weight is 810 g/mol. The van der Waals surface area contributed by atoms with Crippen molar-refractivity contribution >= 4 is 45.0 Å². The fourth-order valence-electron chi connectivity index (χ4n) is 5.70. The first-order valence-corrected chi connectivity index (χ1v) is 20.1. The van der Waals surface area contributed by atoms with Crippen molar-refractivity contribution in [2.45, 2.75) is 24.3 Å². The van der Waals surface area contributed by atoms with Crippen LogP contribution in [-0.4, -0.2) is 124 Å². The van der Waals surface area contributed by atoms with Gasteiger partial charge in [-0.15, -0.1) is 0 Å². The Kier molecular flexibility index (Phi) is 18.6. The highest BCUT2D eigenvalue weighted by Crippen LogP contribution is 2.38. The standard InChI is InChI=1S/C38H50Cl2N4O9S/c1-3-49-18-19-50-15-12-41-37(45)29-4-6-30(7-5-29)38(46)42-13-16-51-20-22-53-23-21-52-17-14-43-54(47,48)32-10-8-28(9-11-32)34-26-44(2)27-35-33(34)24-31(39)25-36(35)40/h4-11,24-25,34,43H,3,12-23,26-27H2,1-2H3,(H,41,45)(H,42,46). The van der Waals surface area contributed by atoms with E-state index in [1.807, 2.05) is 32.2 Å². The molecule has 0 radical (unpaired) electrons. The molecule has 0 saturated carbocycles. The minimum absolute atomic E-state index is 0.0156. The first-order chi connectivity index (χ1) is 26.1. The zero-order chi connectivity index (χ0) is 38.8. The number of fused-ring (bicyclic) bond motifs is 1. The maximum atomic E-state index is 12.9. The lowest BCUT2D eigenvalue weighted by molar-refractivity contribution is 0.0162. The molecule has 0 saturated heterocycles. The molecule has 3 aromatic rings. The van der Waals surface area contributed by atoms with Gasteiger partial charge in [-0.1, -0.05) is 35.3 Å². The summed E-state index contributed by atoms with van der Waals surface area (Å²) in [6, 6.07) is 17.0. The number of rotatable bonds is 24. The third-order valence-corrected chi connectivity index (χ3v) is 10.4. The number of benzene rings is 3. The summed E-state index contributed by atoms with van der Waals surface area (Å²) in [4.78, 5) is 27.0. The highest BCUT2D eigenvalue weighted by atomic mass is 35.5. The molecule has 296 valence electrons. The molecule has 0 spiro atoms. The van der Waals surface area contributed by atoms with E-state index in [0.29, 0.717) is 93.7 Å². The van der Waals surface area contributed by atoms with Gasteiger partial charge in [-0.05, 0) is 79.2 Å². The largest absolute Gasteiger partial charge is 0.379 e. The Bertz CT molecular complexity index is 1730. The summed E-state index contributed by atoms with van der Waals surface area (Å²) >= 11 is 12.8. The highest BCUT2D eigenvalue weighted by molar-refractivity contribution is 7.89. The Morgan fingerprint density at radius 3 is 1.76 bits per heavy atom. The Hall–Kier alpha value is -3.15. The van der Waals surface area contributed by atoms with E-state index in [2.05, 4.69) is 20.3 Å². The van der Waals surface area contributed by atoms with Gasteiger partial charge in [0.15, 0.2) is 0 Å². The number of carbonyl (C=O) groups excluding carboxylic acids is 2. The van der Waals surface area contributed by atoms with E-state index in [4.69, 9.17) is 46.9 Å². The van der Waals surface area contributed by atoms with Crippen LogP contribution in [0, 0.1) is 0 Å². The number of carbonyl (C=O) groups is 2. The molecule has 3 N–H and O–H groups in total. The van der Waals surface area contributed by atoms with Gasteiger partial charge in [0.1, 0.15) is 0 Å². The Morgan fingerprint density at radius 2 is 1.22 bits per heavy atom. The van der Waals surface area contributed by atoms with Crippen LogP contribution in [0.5, 0.6) is 0 Å². The van der Waals surface area contributed by atoms with Gasteiger partial charge in [0, 0.05) is 66.4 Å². The number of nitrogens with zero attached hydrogens (tertiary/aromatic N) is 1. The van der Waals surface area contributed by atoms with Gasteiger partial charge >= 0.3 is 0 Å². The molecular weight excluding hydrogens is 759 g/mol. The second-order valence-corrected chi connectivity index (χ2v) is 15.0. The average Bonchev–Trinajstić information content (AvgIpc) is 3.16. The second-order valence-electron chi connectivity index (χ2n) is 12.4. The minimum atomic E-state index is -3.72. The molecule has 0 aromatic heterocycles. The zero-order valence-corrected chi connectivity index (χ0v) is 33.1. The molecule has 1 atom stereocenters. The van der Waals surface area contributed by atoms with Crippen LogP contribution in [0.1, 0.15) is 50.2 Å². The number of likely N-dealkylation sites (N-methyl/N-ethyl adjacent to an activating group) is 1. The maximum absolute atomic E-state index is 12.9. The van der Waals surface area contributed by atoms with Crippen LogP contribution in [0.3, 0.4) is 0 Å². The molecule has 1 unspecified atom stereocenters. The molecule has 4 rings (SSSR count). The third kappa shape index (κ3) is 14.2. The summed E-state index contributed by atoms with van der Waals surface area (Å²) in [5.41, 5.74) is 3.96. The van der Waals surface area contributed by atoms with Crippen molar-refractivity contribution in [3.05, 3.63) is 98.5 Å². The summed E-state index contributed by atoms with van der Waals surface area (Å²) in [6.45, 7) is 7.99. The zero-order valence-electron chi connectivity index (χ0n) is 30.7. The topological polar surface area (TPSA) is 154 Å². The summed E-state index contributed by atoms with van der Waals surface area (Å²) in [5.74, 6) is -0.498. The van der Waals surface area contributed by atoms with Gasteiger partial charge < -0.3 is 39.2 Å². The van der Waals surface area contributed by atoms with Crippen LogP contribution in [-0.2, 0) is 40.3 Å². The van der Waals surface area contributed by atoms with E-state index < -0.39 is 10.0 Å². The van der Waals surface area contributed by atoms with E-state index >= 15 is 0 Å². The molecule has 1 aliphatic heterocycles. The first kappa shape index (κ1) is 43.6. The fraction of sp³-hybridized carbons (Fsp3) is 0.474. The van der Waals surface area contributed by atoms with E-state index in [0.717, 1.165) is 29.8 Å². The molecule has 1 heterocycles. The normalized spacial score (nSPS) is 14.5. The highest BCUT2D eigenvalue weighted by Gasteiger charge is 2.27. The quantitative estimate of drug-likeness (QED) is 0.113. The van der Waals surface area contributed by atoms with Crippen LogP contribution < -0.4 is 15.4 Å². The lowest BCUT2D eigenvalue weighted by Gasteiger charge is -2.33. The molecule has 0 aliphatic carbocycles. The predicted molar refractivity (Wildman–Crippen MR) is 207 cm³/mol. The van der Waals surface area contributed by atoms with Gasteiger partial charge in [0.25, 0.3) is 11.8 Å². The van der Waals surface area contributed by atoms with Gasteiger partial charge in [-0.25, -0.2) is 13.1 Å². The molecule has 54 heavy (non-hydrogen) atoms. The number of halogens is 2. The van der Waals surface area contributed by atoms with E-state index in [-0.39, 0.29) is 35.8 Å². The number of amides is 2. The minimum Gasteiger partial charge on any atom is -0.379 e. The van der Waals surface area contributed by atoms with Gasteiger partial charge in [-0.3, -0.25) is 9.59 Å². The van der Waals surface area contributed by atoms with Crippen LogP contribution >= 0.6 is 23.2 Å². The lowest BCUT2D eigenvalue weighted by atomic mass is 9.85. The summed E-state index contributed by atoms with van der Waals surface area (Å²) in [7, 11) is -1.69. The molecular formula is C38H50Cl2N4O9S. The second kappa shape index (κ2) is 23.0. The Balaban J connectivity index is 1.01. The number of hydrogen-bond donors (Lipinski definition) is 3. The fourth-order valence-corrected chi connectivity index (χ4v) is 7.28.